The maximum absolute atomic E-state index is 10.6. The molecule has 0 aromatic carbocycles. The number of hydrogen-bond donors (Lipinski definition) is 3. The second-order valence-corrected chi connectivity index (χ2v) is 7.14. The molecule has 2 aromatic rings. The fourth-order valence-corrected chi connectivity index (χ4v) is 3.53. The van der Waals surface area contributed by atoms with Crippen molar-refractivity contribution >= 4 is 52.6 Å². The average Bonchev–Trinajstić information content (AvgIpc) is 3.21. The molecule has 0 saturated heterocycles. The van der Waals surface area contributed by atoms with E-state index in [-0.39, 0.29) is 24.0 Å². The molecule has 8 heteroatoms. The molecular weight excluding hydrogens is 455 g/mol. The molecule has 0 amide bonds. The van der Waals surface area contributed by atoms with Crippen LogP contribution in [0.15, 0.2) is 27.2 Å². The van der Waals surface area contributed by atoms with Gasteiger partial charge in [-0.3, -0.25) is 0 Å². The van der Waals surface area contributed by atoms with Crippen LogP contribution >= 0.6 is 46.7 Å². The van der Waals surface area contributed by atoms with Crippen molar-refractivity contribution in [2.45, 2.75) is 39.3 Å². The summed E-state index contributed by atoms with van der Waals surface area (Å²) in [5, 5.41) is 24.1. The predicted octanol–water partition coefficient (Wildman–Crippen LogP) is 3.35. The van der Waals surface area contributed by atoms with Gasteiger partial charge in [0.05, 0.1) is 23.8 Å². The Bertz CT molecular complexity index is 626. The number of nitrogens with zero attached hydrogens (tertiary/aromatic N) is 2. The first-order chi connectivity index (χ1) is 11.0. The van der Waals surface area contributed by atoms with Gasteiger partial charge in [0.25, 0.3) is 0 Å². The first kappa shape index (κ1) is 21.3. The monoisotopic (exact) mass is 480 g/mol. The smallest absolute Gasteiger partial charge is 0.191 e. The number of aliphatic imine (C=N–C) groups is 1. The van der Waals surface area contributed by atoms with Crippen LogP contribution in [-0.2, 0) is 18.6 Å². The molecule has 1 atom stereocenters. The molecule has 2 aromatic heterocycles. The molecule has 3 N–H and O–H groups in total. The Morgan fingerprint density at radius 1 is 1.33 bits per heavy atom. The average molecular weight is 480 g/mol. The van der Waals surface area contributed by atoms with Gasteiger partial charge in [-0.15, -0.1) is 35.3 Å². The van der Waals surface area contributed by atoms with Crippen LogP contribution in [0.1, 0.15) is 37.0 Å². The summed E-state index contributed by atoms with van der Waals surface area (Å²) in [7, 11) is 0. The molecule has 0 radical (unpaired) electrons. The molecule has 134 valence electrons. The molecule has 1 unspecified atom stereocenters. The number of halogens is 1. The standard InChI is InChI=1S/C16H24N4OS2.HI/c1-4-14-20-13(10-23-14)8-18-15(17-5-2)19-11-16(3,21)12-6-7-22-9-12;/h6-7,9-10,21H,4-5,8,11H2,1-3H3,(H2,17,18,19);1H. The number of nitrogens with one attached hydrogen (secondary N) is 2. The minimum Gasteiger partial charge on any atom is -0.384 e. The first-order valence-electron chi connectivity index (χ1n) is 7.75. The third kappa shape index (κ3) is 6.30. The lowest BCUT2D eigenvalue weighted by molar-refractivity contribution is 0.0621. The second kappa shape index (κ2) is 10.3. The number of guanidine groups is 1. The lowest BCUT2D eigenvalue weighted by Crippen LogP contribution is -2.44. The van der Waals surface area contributed by atoms with Gasteiger partial charge in [0, 0.05) is 11.9 Å². The number of aromatic nitrogens is 1. The van der Waals surface area contributed by atoms with Gasteiger partial charge in [-0.25, -0.2) is 9.98 Å². The fourth-order valence-electron chi connectivity index (χ4n) is 2.01. The number of hydrogen-bond acceptors (Lipinski definition) is 5. The minimum absolute atomic E-state index is 0. The number of thiophene rings is 1. The van der Waals surface area contributed by atoms with E-state index in [4.69, 9.17) is 0 Å². The van der Waals surface area contributed by atoms with Gasteiger partial charge in [-0.2, -0.15) is 11.3 Å². The Morgan fingerprint density at radius 3 is 2.71 bits per heavy atom. The van der Waals surface area contributed by atoms with Gasteiger partial charge in [0.1, 0.15) is 5.60 Å². The summed E-state index contributed by atoms with van der Waals surface area (Å²) < 4.78 is 0. The molecule has 0 saturated carbocycles. The molecule has 0 bridgehead atoms. The number of aliphatic hydroxyl groups is 1. The molecule has 5 nitrogen and oxygen atoms in total. The SMILES string of the molecule is CCNC(=NCc1csc(CC)n1)NCC(C)(O)c1ccsc1.I. The quantitative estimate of drug-likeness (QED) is 0.323. The Hall–Kier alpha value is -0.710. The molecule has 0 fully saturated rings. The van der Waals surface area contributed by atoms with Crippen molar-refractivity contribution in [3.8, 4) is 0 Å². The molecule has 0 aliphatic rings. The molecule has 0 aliphatic heterocycles. The summed E-state index contributed by atoms with van der Waals surface area (Å²) in [4.78, 5) is 9.06. The van der Waals surface area contributed by atoms with Gasteiger partial charge in [0.15, 0.2) is 5.96 Å². The van der Waals surface area contributed by atoms with E-state index in [1.165, 1.54) is 0 Å². The van der Waals surface area contributed by atoms with Gasteiger partial charge in [-0.05, 0) is 42.7 Å². The Balaban J connectivity index is 0.00000288. The van der Waals surface area contributed by atoms with E-state index in [2.05, 4.69) is 27.5 Å². The van der Waals surface area contributed by atoms with E-state index in [1.54, 1.807) is 29.6 Å². The molecule has 24 heavy (non-hydrogen) atoms. The maximum Gasteiger partial charge on any atom is 0.191 e. The fraction of sp³-hybridized carbons (Fsp3) is 0.500. The lowest BCUT2D eigenvalue weighted by atomic mass is 9.99. The van der Waals surface area contributed by atoms with Crippen molar-refractivity contribution in [1.82, 2.24) is 15.6 Å². The zero-order valence-corrected chi connectivity index (χ0v) is 18.2. The molecule has 0 spiro atoms. The van der Waals surface area contributed by atoms with E-state index in [0.29, 0.717) is 19.0 Å². The van der Waals surface area contributed by atoms with E-state index in [9.17, 15) is 5.11 Å². The highest BCUT2D eigenvalue weighted by atomic mass is 127. The van der Waals surface area contributed by atoms with E-state index < -0.39 is 5.60 Å². The van der Waals surface area contributed by atoms with Crippen LogP contribution in [0.3, 0.4) is 0 Å². The van der Waals surface area contributed by atoms with Crippen LogP contribution in [0.5, 0.6) is 0 Å². The second-order valence-electron chi connectivity index (χ2n) is 5.42. The summed E-state index contributed by atoms with van der Waals surface area (Å²) in [6, 6.07) is 1.94. The van der Waals surface area contributed by atoms with E-state index in [1.807, 2.05) is 29.1 Å². The Morgan fingerprint density at radius 2 is 2.12 bits per heavy atom. The molecule has 2 rings (SSSR count). The summed E-state index contributed by atoms with van der Waals surface area (Å²) in [5.41, 5.74) is 0.971. The Kier molecular flexibility index (Phi) is 9.17. The van der Waals surface area contributed by atoms with Crippen LogP contribution in [0.4, 0.5) is 0 Å². The summed E-state index contributed by atoms with van der Waals surface area (Å²) in [5.74, 6) is 0.689. The number of aryl methyl sites for hydroxylation is 1. The van der Waals surface area contributed by atoms with Gasteiger partial charge in [-0.1, -0.05) is 6.92 Å². The topological polar surface area (TPSA) is 69.5 Å². The highest BCUT2D eigenvalue weighted by Gasteiger charge is 2.23. The van der Waals surface area contributed by atoms with Crippen LogP contribution in [0.2, 0.25) is 0 Å². The first-order valence-corrected chi connectivity index (χ1v) is 9.58. The van der Waals surface area contributed by atoms with Crippen LogP contribution < -0.4 is 10.6 Å². The molecule has 2 heterocycles. The maximum atomic E-state index is 10.6. The van der Waals surface area contributed by atoms with Crippen molar-refractivity contribution in [3.63, 3.8) is 0 Å². The predicted molar refractivity (Wildman–Crippen MR) is 114 cm³/mol. The molecular formula is C16H25IN4OS2. The van der Waals surface area contributed by atoms with Crippen LogP contribution in [-0.4, -0.2) is 29.1 Å². The van der Waals surface area contributed by atoms with Crippen molar-refractivity contribution in [1.29, 1.82) is 0 Å². The zero-order chi connectivity index (χ0) is 16.7. The van der Waals surface area contributed by atoms with E-state index >= 15 is 0 Å². The minimum atomic E-state index is -0.924. The number of thiazole rings is 1. The van der Waals surface area contributed by atoms with Crippen molar-refractivity contribution in [2.75, 3.05) is 13.1 Å². The summed E-state index contributed by atoms with van der Waals surface area (Å²) >= 11 is 3.25. The van der Waals surface area contributed by atoms with Crippen molar-refractivity contribution in [3.05, 3.63) is 38.5 Å². The van der Waals surface area contributed by atoms with Crippen molar-refractivity contribution in [2.24, 2.45) is 4.99 Å². The van der Waals surface area contributed by atoms with Crippen LogP contribution in [0, 0.1) is 0 Å². The molecule has 0 aliphatic carbocycles. The summed E-state index contributed by atoms with van der Waals surface area (Å²) in [6.45, 7) is 7.62. The largest absolute Gasteiger partial charge is 0.384 e. The van der Waals surface area contributed by atoms with Gasteiger partial charge >= 0.3 is 0 Å². The zero-order valence-electron chi connectivity index (χ0n) is 14.2. The van der Waals surface area contributed by atoms with Gasteiger partial charge < -0.3 is 15.7 Å². The summed E-state index contributed by atoms with van der Waals surface area (Å²) in [6.07, 6.45) is 0.955. The lowest BCUT2D eigenvalue weighted by Gasteiger charge is -2.24. The van der Waals surface area contributed by atoms with E-state index in [0.717, 1.165) is 29.2 Å². The number of rotatable bonds is 7. The third-order valence-corrected chi connectivity index (χ3v) is 5.11. The normalized spacial score (nSPS) is 13.9. The highest BCUT2D eigenvalue weighted by molar-refractivity contribution is 14.0. The third-order valence-electron chi connectivity index (χ3n) is 3.39. The Labute approximate surface area is 168 Å². The van der Waals surface area contributed by atoms with Gasteiger partial charge in [0.2, 0.25) is 0 Å². The van der Waals surface area contributed by atoms with Crippen molar-refractivity contribution < 1.29 is 5.11 Å². The van der Waals surface area contributed by atoms with Crippen LogP contribution in [0.25, 0.3) is 0 Å². The highest BCUT2D eigenvalue weighted by Crippen LogP contribution is 2.21.